The number of piperidine rings is 1. The Morgan fingerprint density at radius 2 is 1.90 bits per heavy atom. The average molecular weight is 397 g/mol. The van der Waals surface area contributed by atoms with Gasteiger partial charge in [-0.2, -0.15) is 0 Å². The van der Waals surface area contributed by atoms with Crippen LogP contribution in [0.5, 0.6) is 5.75 Å². The predicted octanol–water partition coefficient (Wildman–Crippen LogP) is 3.14. The SMILES string of the molecule is Cc1c(OC(C)C(=O)N2CCC3(CCO3)CC2)ccc2c3c(c(=O)oc12)CCC3. The first kappa shape index (κ1) is 18.7. The summed E-state index contributed by atoms with van der Waals surface area (Å²) in [6.45, 7) is 5.94. The van der Waals surface area contributed by atoms with Crippen molar-refractivity contribution in [1.82, 2.24) is 4.90 Å². The highest BCUT2D eigenvalue weighted by Gasteiger charge is 2.42. The Balaban J connectivity index is 1.34. The van der Waals surface area contributed by atoms with E-state index in [9.17, 15) is 9.59 Å². The second kappa shape index (κ2) is 6.87. The molecule has 154 valence electrons. The summed E-state index contributed by atoms with van der Waals surface area (Å²) in [7, 11) is 0. The van der Waals surface area contributed by atoms with Crippen LogP contribution in [-0.4, -0.2) is 42.2 Å². The van der Waals surface area contributed by atoms with Crippen LogP contribution in [0.25, 0.3) is 11.0 Å². The standard InChI is InChI=1S/C23H27NO5/c1-14-19(7-6-17-16-4-3-5-18(16)22(26)29-20(14)17)28-15(2)21(25)24-11-8-23(9-12-24)10-13-27-23/h6-7,15H,3-5,8-13H2,1-2H3. The van der Waals surface area contributed by atoms with Crippen molar-refractivity contribution in [2.45, 2.75) is 64.1 Å². The highest BCUT2D eigenvalue weighted by molar-refractivity contribution is 5.86. The highest BCUT2D eigenvalue weighted by Crippen LogP contribution is 2.37. The van der Waals surface area contributed by atoms with Gasteiger partial charge in [0.25, 0.3) is 5.91 Å². The van der Waals surface area contributed by atoms with Gasteiger partial charge in [0.1, 0.15) is 11.3 Å². The number of likely N-dealkylation sites (tertiary alicyclic amines) is 1. The Bertz CT molecular complexity index is 1030. The van der Waals surface area contributed by atoms with Crippen LogP contribution in [0.2, 0.25) is 0 Å². The number of aryl methyl sites for hydroxylation is 2. The van der Waals surface area contributed by atoms with Crippen LogP contribution >= 0.6 is 0 Å². The first-order chi connectivity index (χ1) is 14.0. The molecule has 0 radical (unpaired) electrons. The van der Waals surface area contributed by atoms with Gasteiger partial charge in [0.15, 0.2) is 6.10 Å². The summed E-state index contributed by atoms with van der Waals surface area (Å²) in [5, 5.41) is 0.989. The number of fused-ring (bicyclic) bond motifs is 3. The Morgan fingerprint density at radius 1 is 1.17 bits per heavy atom. The molecule has 3 heterocycles. The molecule has 1 unspecified atom stereocenters. The maximum absolute atomic E-state index is 12.9. The number of amides is 1. The number of carbonyl (C=O) groups is 1. The molecule has 2 fully saturated rings. The van der Waals surface area contributed by atoms with Crippen molar-refractivity contribution in [1.29, 1.82) is 0 Å². The summed E-state index contributed by atoms with van der Waals surface area (Å²) >= 11 is 0. The van der Waals surface area contributed by atoms with Crippen molar-refractivity contribution in [3.8, 4) is 5.75 Å². The molecule has 0 bridgehead atoms. The third-order valence-corrected chi connectivity index (χ3v) is 6.94. The Morgan fingerprint density at radius 3 is 2.59 bits per heavy atom. The molecule has 5 rings (SSSR count). The van der Waals surface area contributed by atoms with E-state index in [-0.39, 0.29) is 17.1 Å². The van der Waals surface area contributed by atoms with Gasteiger partial charge >= 0.3 is 5.63 Å². The van der Waals surface area contributed by atoms with Gasteiger partial charge in [-0.25, -0.2) is 4.79 Å². The average Bonchev–Trinajstić information content (AvgIpc) is 3.20. The molecule has 0 N–H and O–H groups in total. The molecule has 2 saturated heterocycles. The van der Waals surface area contributed by atoms with Gasteiger partial charge < -0.3 is 18.8 Å². The van der Waals surface area contributed by atoms with Gasteiger partial charge in [-0.05, 0) is 70.1 Å². The van der Waals surface area contributed by atoms with Crippen molar-refractivity contribution >= 4 is 16.9 Å². The molecule has 1 aromatic carbocycles. The Hall–Kier alpha value is -2.34. The minimum absolute atomic E-state index is 0.00548. The van der Waals surface area contributed by atoms with E-state index in [0.29, 0.717) is 24.4 Å². The summed E-state index contributed by atoms with van der Waals surface area (Å²) in [6.07, 6.45) is 5.00. The number of ether oxygens (including phenoxy) is 2. The number of rotatable bonds is 3. The summed E-state index contributed by atoms with van der Waals surface area (Å²) in [5.41, 5.74) is 3.05. The molecule has 6 nitrogen and oxygen atoms in total. The number of nitrogens with zero attached hydrogens (tertiary/aromatic N) is 1. The van der Waals surface area contributed by atoms with Gasteiger partial charge in [-0.15, -0.1) is 0 Å². The molecule has 1 atom stereocenters. The van der Waals surface area contributed by atoms with E-state index in [1.165, 1.54) is 0 Å². The quantitative estimate of drug-likeness (QED) is 0.745. The number of carbonyl (C=O) groups excluding carboxylic acids is 1. The number of hydrogen-bond acceptors (Lipinski definition) is 5. The lowest BCUT2D eigenvalue weighted by Crippen LogP contribution is -2.55. The van der Waals surface area contributed by atoms with E-state index < -0.39 is 6.10 Å². The smallest absolute Gasteiger partial charge is 0.339 e. The third-order valence-electron chi connectivity index (χ3n) is 6.94. The largest absolute Gasteiger partial charge is 0.480 e. The van der Waals surface area contributed by atoms with Gasteiger partial charge in [0.2, 0.25) is 0 Å². The lowest BCUT2D eigenvalue weighted by Gasteiger charge is -2.47. The molecular weight excluding hydrogens is 370 g/mol. The third kappa shape index (κ3) is 3.05. The van der Waals surface area contributed by atoms with E-state index in [1.54, 1.807) is 6.92 Å². The fourth-order valence-corrected chi connectivity index (χ4v) is 5.01. The first-order valence-corrected chi connectivity index (χ1v) is 10.6. The summed E-state index contributed by atoms with van der Waals surface area (Å²) in [6, 6.07) is 3.86. The van der Waals surface area contributed by atoms with Gasteiger partial charge in [-0.3, -0.25) is 4.79 Å². The molecule has 0 saturated carbocycles. The topological polar surface area (TPSA) is 69.0 Å². The van der Waals surface area contributed by atoms with Crippen LogP contribution in [0.1, 0.15) is 49.3 Å². The Labute approximate surface area is 169 Å². The van der Waals surface area contributed by atoms with Crippen LogP contribution in [0.4, 0.5) is 0 Å². The highest BCUT2D eigenvalue weighted by atomic mass is 16.5. The van der Waals surface area contributed by atoms with Gasteiger partial charge in [0, 0.05) is 29.6 Å². The monoisotopic (exact) mass is 397 g/mol. The Kier molecular flexibility index (Phi) is 4.42. The van der Waals surface area contributed by atoms with E-state index in [0.717, 1.165) is 67.2 Å². The molecule has 6 heteroatoms. The second-order valence-electron chi connectivity index (χ2n) is 8.63. The second-order valence-corrected chi connectivity index (χ2v) is 8.63. The maximum atomic E-state index is 12.9. The predicted molar refractivity (Wildman–Crippen MR) is 108 cm³/mol. The molecule has 1 aromatic heterocycles. The summed E-state index contributed by atoms with van der Waals surface area (Å²) in [5.74, 6) is 0.587. The van der Waals surface area contributed by atoms with Crippen molar-refractivity contribution in [3.63, 3.8) is 0 Å². The first-order valence-electron chi connectivity index (χ1n) is 10.6. The van der Waals surface area contributed by atoms with Crippen LogP contribution in [0.3, 0.4) is 0 Å². The summed E-state index contributed by atoms with van der Waals surface area (Å²) < 4.78 is 17.4. The number of hydrogen-bond donors (Lipinski definition) is 0. The molecule has 29 heavy (non-hydrogen) atoms. The lowest BCUT2D eigenvalue weighted by atomic mass is 9.84. The van der Waals surface area contributed by atoms with Crippen molar-refractivity contribution in [2.75, 3.05) is 19.7 Å². The molecule has 1 aliphatic carbocycles. The van der Waals surface area contributed by atoms with Crippen molar-refractivity contribution in [2.24, 2.45) is 0 Å². The van der Waals surface area contributed by atoms with Gasteiger partial charge in [0.05, 0.1) is 12.2 Å². The van der Waals surface area contributed by atoms with E-state index in [2.05, 4.69) is 0 Å². The van der Waals surface area contributed by atoms with Crippen LogP contribution in [0, 0.1) is 6.92 Å². The summed E-state index contributed by atoms with van der Waals surface area (Å²) in [4.78, 5) is 27.1. The zero-order valence-corrected chi connectivity index (χ0v) is 17.1. The van der Waals surface area contributed by atoms with Crippen LogP contribution in [-0.2, 0) is 22.4 Å². The minimum atomic E-state index is -0.594. The van der Waals surface area contributed by atoms with Gasteiger partial charge in [-0.1, -0.05) is 0 Å². The van der Waals surface area contributed by atoms with E-state index >= 15 is 0 Å². The van der Waals surface area contributed by atoms with E-state index in [4.69, 9.17) is 13.9 Å². The fraction of sp³-hybridized carbons (Fsp3) is 0.565. The molecule has 2 aliphatic heterocycles. The maximum Gasteiger partial charge on any atom is 0.339 e. The normalized spacial score (nSPS) is 21.1. The van der Waals surface area contributed by atoms with Crippen molar-refractivity contribution < 1.29 is 18.7 Å². The fourth-order valence-electron chi connectivity index (χ4n) is 5.01. The molecule has 1 amide bonds. The molecule has 2 aromatic rings. The van der Waals surface area contributed by atoms with Crippen LogP contribution in [0.15, 0.2) is 21.3 Å². The zero-order valence-electron chi connectivity index (χ0n) is 17.1. The number of benzene rings is 1. The van der Waals surface area contributed by atoms with E-state index in [1.807, 2.05) is 24.0 Å². The molecule has 3 aliphatic rings. The van der Waals surface area contributed by atoms with Crippen LogP contribution < -0.4 is 10.4 Å². The lowest BCUT2D eigenvalue weighted by molar-refractivity contribution is -0.178. The molecule has 1 spiro atoms. The zero-order chi connectivity index (χ0) is 20.2. The minimum Gasteiger partial charge on any atom is -0.480 e. The molecular formula is C23H27NO5. The van der Waals surface area contributed by atoms with Crippen molar-refractivity contribution in [3.05, 3.63) is 39.2 Å².